The highest BCUT2D eigenvalue weighted by atomic mass is 35.5. The SMILES string of the molecule is Cl.Cl.NCCCCC(NC1CC(=O)N(CC(=O)O)c2ccccc2S1)C(=O)O. The van der Waals surface area contributed by atoms with Gasteiger partial charge in [0.15, 0.2) is 0 Å². The summed E-state index contributed by atoms with van der Waals surface area (Å²) in [5, 5.41) is 21.1. The summed E-state index contributed by atoms with van der Waals surface area (Å²) in [4.78, 5) is 37.2. The van der Waals surface area contributed by atoms with E-state index in [1.165, 1.54) is 16.7 Å². The lowest BCUT2D eigenvalue weighted by Crippen LogP contribution is -2.44. The number of rotatable bonds is 9. The van der Waals surface area contributed by atoms with Crippen molar-refractivity contribution < 1.29 is 24.6 Å². The Kier molecular flexibility index (Phi) is 12.1. The summed E-state index contributed by atoms with van der Waals surface area (Å²) in [6.07, 6.45) is 1.83. The molecule has 0 saturated heterocycles. The van der Waals surface area contributed by atoms with Gasteiger partial charge < -0.3 is 15.9 Å². The third-order valence-electron chi connectivity index (χ3n) is 4.01. The Morgan fingerprint density at radius 2 is 1.93 bits per heavy atom. The van der Waals surface area contributed by atoms with Crippen LogP contribution >= 0.6 is 36.6 Å². The van der Waals surface area contributed by atoms with E-state index in [1.54, 1.807) is 24.3 Å². The number of hydrogen-bond donors (Lipinski definition) is 4. The first-order valence-electron chi connectivity index (χ1n) is 8.39. The van der Waals surface area contributed by atoms with Crippen LogP contribution in [0.3, 0.4) is 0 Å². The summed E-state index contributed by atoms with van der Waals surface area (Å²) >= 11 is 1.34. The molecule has 2 unspecified atom stereocenters. The van der Waals surface area contributed by atoms with Crippen LogP contribution in [0.2, 0.25) is 0 Å². The summed E-state index contributed by atoms with van der Waals surface area (Å²) in [5.41, 5.74) is 5.98. The van der Waals surface area contributed by atoms with Gasteiger partial charge in [0.05, 0.1) is 17.5 Å². The number of amides is 1. The molecule has 0 saturated carbocycles. The van der Waals surface area contributed by atoms with Gasteiger partial charge in [-0.3, -0.25) is 24.6 Å². The van der Waals surface area contributed by atoms with Crippen LogP contribution in [0.15, 0.2) is 29.2 Å². The number of unbranched alkanes of at least 4 members (excludes halogenated alkanes) is 1. The maximum Gasteiger partial charge on any atom is 0.323 e. The molecule has 8 nitrogen and oxygen atoms in total. The monoisotopic (exact) mass is 453 g/mol. The molecule has 0 aromatic heterocycles. The summed E-state index contributed by atoms with van der Waals surface area (Å²) < 4.78 is 0. The fourth-order valence-corrected chi connectivity index (χ4v) is 4.00. The molecule has 158 valence electrons. The highest BCUT2D eigenvalue weighted by molar-refractivity contribution is 8.00. The van der Waals surface area contributed by atoms with Gasteiger partial charge in [0.2, 0.25) is 5.91 Å². The topological polar surface area (TPSA) is 133 Å². The quantitative estimate of drug-likeness (QED) is 0.416. The number of thioether (sulfide) groups is 1. The van der Waals surface area contributed by atoms with Crippen molar-refractivity contribution in [1.82, 2.24) is 5.32 Å². The predicted molar refractivity (Wildman–Crippen MR) is 113 cm³/mol. The van der Waals surface area contributed by atoms with Gasteiger partial charge in [0.25, 0.3) is 0 Å². The van der Waals surface area contributed by atoms with Gasteiger partial charge in [-0.15, -0.1) is 36.6 Å². The Morgan fingerprint density at radius 3 is 2.54 bits per heavy atom. The minimum absolute atomic E-state index is 0. The van der Waals surface area contributed by atoms with Crippen LogP contribution in [0, 0.1) is 0 Å². The first-order chi connectivity index (χ1) is 12.4. The molecule has 1 aliphatic heterocycles. The number of carboxylic acids is 2. The zero-order valence-corrected chi connectivity index (χ0v) is 17.5. The van der Waals surface area contributed by atoms with Crippen molar-refractivity contribution in [3.8, 4) is 0 Å². The maximum atomic E-state index is 12.6. The van der Waals surface area contributed by atoms with Gasteiger partial charge >= 0.3 is 11.9 Å². The molecule has 0 radical (unpaired) electrons. The number of nitrogens with one attached hydrogen (secondary N) is 1. The largest absolute Gasteiger partial charge is 0.480 e. The Balaban J connectivity index is 0.00000364. The minimum Gasteiger partial charge on any atom is -0.480 e. The van der Waals surface area contributed by atoms with Crippen molar-refractivity contribution in [2.24, 2.45) is 5.73 Å². The molecule has 1 aromatic carbocycles. The van der Waals surface area contributed by atoms with Crippen molar-refractivity contribution in [3.05, 3.63) is 24.3 Å². The Morgan fingerprint density at radius 1 is 1.25 bits per heavy atom. The van der Waals surface area contributed by atoms with E-state index < -0.39 is 29.9 Å². The molecule has 28 heavy (non-hydrogen) atoms. The normalized spacial score (nSPS) is 16.8. The lowest BCUT2D eigenvalue weighted by Gasteiger charge is -2.21. The lowest BCUT2D eigenvalue weighted by molar-refractivity contribution is -0.140. The molecular formula is C17H25Cl2N3O5S. The standard InChI is InChI=1S/C17H23N3O5S.2ClH/c18-8-4-3-5-11(17(24)25)19-14-9-15(21)20(10-16(22)23)12-6-1-2-7-13(12)26-14;;/h1-2,6-7,11,14,19H,3-5,8-10,18H2,(H,22,23)(H,24,25);2*1H. The zero-order valence-electron chi connectivity index (χ0n) is 15.1. The smallest absolute Gasteiger partial charge is 0.323 e. The number of carbonyl (C=O) groups is 3. The molecule has 0 fully saturated rings. The van der Waals surface area contributed by atoms with Crippen molar-refractivity contribution in [2.75, 3.05) is 18.0 Å². The summed E-state index contributed by atoms with van der Waals surface area (Å²) in [6, 6.07) is 6.24. The second kappa shape index (κ2) is 12.8. The molecule has 0 aliphatic carbocycles. The van der Waals surface area contributed by atoms with Gasteiger partial charge in [-0.25, -0.2) is 0 Å². The fraction of sp³-hybridized carbons (Fsp3) is 0.471. The number of anilines is 1. The van der Waals surface area contributed by atoms with Crippen molar-refractivity contribution in [1.29, 1.82) is 0 Å². The van der Waals surface area contributed by atoms with Gasteiger partial charge in [0.1, 0.15) is 12.6 Å². The number of hydrogen-bond acceptors (Lipinski definition) is 6. The number of aliphatic carboxylic acids is 2. The average Bonchev–Trinajstić information content (AvgIpc) is 2.71. The van der Waals surface area contributed by atoms with E-state index in [0.29, 0.717) is 25.1 Å². The number of para-hydroxylation sites is 1. The number of benzene rings is 1. The Labute approximate surface area is 180 Å². The van der Waals surface area contributed by atoms with Crippen molar-refractivity contribution in [3.63, 3.8) is 0 Å². The van der Waals surface area contributed by atoms with Gasteiger partial charge in [-0.1, -0.05) is 18.6 Å². The molecule has 1 amide bonds. The highest BCUT2D eigenvalue weighted by Crippen LogP contribution is 2.37. The highest BCUT2D eigenvalue weighted by Gasteiger charge is 2.31. The Bertz CT molecular complexity index is 680. The van der Waals surface area contributed by atoms with E-state index in [9.17, 15) is 19.5 Å². The molecule has 11 heteroatoms. The van der Waals surface area contributed by atoms with Crippen LogP contribution in [0.25, 0.3) is 0 Å². The molecule has 1 aromatic rings. The number of carboxylic acid groups (broad SMARTS) is 2. The average molecular weight is 454 g/mol. The number of carbonyl (C=O) groups excluding carboxylic acids is 1. The van der Waals surface area contributed by atoms with Crippen LogP contribution in [-0.4, -0.2) is 52.6 Å². The van der Waals surface area contributed by atoms with Gasteiger partial charge in [-0.05, 0) is 31.5 Å². The third-order valence-corrected chi connectivity index (χ3v) is 5.20. The first-order valence-corrected chi connectivity index (χ1v) is 9.27. The molecule has 1 heterocycles. The second-order valence-electron chi connectivity index (χ2n) is 5.99. The summed E-state index contributed by atoms with van der Waals surface area (Å²) in [7, 11) is 0. The molecule has 0 spiro atoms. The van der Waals surface area contributed by atoms with E-state index >= 15 is 0 Å². The summed E-state index contributed by atoms with van der Waals surface area (Å²) in [5.74, 6) is -2.43. The van der Waals surface area contributed by atoms with Crippen LogP contribution in [0.1, 0.15) is 25.7 Å². The van der Waals surface area contributed by atoms with Crippen molar-refractivity contribution >= 4 is 60.1 Å². The van der Waals surface area contributed by atoms with Crippen molar-refractivity contribution in [2.45, 2.75) is 42.0 Å². The van der Waals surface area contributed by atoms with E-state index in [1.807, 2.05) is 0 Å². The lowest BCUT2D eigenvalue weighted by atomic mass is 10.1. The minimum atomic E-state index is -1.10. The molecule has 1 aliphatic rings. The van der Waals surface area contributed by atoms with E-state index in [2.05, 4.69) is 5.32 Å². The van der Waals surface area contributed by atoms with Crippen LogP contribution < -0.4 is 16.0 Å². The van der Waals surface area contributed by atoms with Gasteiger partial charge in [0, 0.05) is 4.90 Å². The van der Waals surface area contributed by atoms with Gasteiger partial charge in [-0.2, -0.15) is 0 Å². The third kappa shape index (κ3) is 7.48. The Hall–Kier alpha value is -1.52. The molecular weight excluding hydrogens is 429 g/mol. The van der Waals surface area contributed by atoms with Crippen LogP contribution in [-0.2, 0) is 14.4 Å². The number of halogens is 2. The molecule has 0 bridgehead atoms. The van der Waals surface area contributed by atoms with E-state index in [4.69, 9.17) is 10.8 Å². The van der Waals surface area contributed by atoms with E-state index in [0.717, 1.165) is 11.3 Å². The number of fused-ring (bicyclic) bond motifs is 1. The number of nitrogens with two attached hydrogens (primary N) is 1. The summed E-state index contributed by atoms with van der Waals surface area (Å²) in [6.45, 7) is 0.0719. The second-order valence-corrected chi connectivity index (χ2v) is 7.24. The molecule has 5 N–H and O–H groups in total. The number of nitrogens with zero attached hydrogens (tertiary/aromatic N) is 1. The predicted octanol–water partition coefficient (Wildman–Crippen LogP) is 1.94. The maximum absolute atomic E-state index is 12.6. The van der Waals surface area contributed by atoms with Crippen LogP contribution in [0.5, 0.6) is 0 Å². The van der Waals surface area contributed by atoms with E-state index in [-0.39, 0.29) is 37.1 Å². The molecule has 2 rings (SSSR count). The molecule has 2 atom stereocenters. The zero-order chi connectivity index (χ0) is 19.1. The van der Waals surface area contributed by atoms with Crippen LogP contribution in [0.4, 0.5) is 5.69 Å². The fourth-order valence-electron chi connectivity index (χ4n) is 2.77. The first kappa shape index (κ1) is 26.5.